The lowest BCUT2D eigenvalue weighted by molar-refractivity contribution is 0.0954. The van der Waals surface area contributed by atoms with E-state index in [-0.39, 0.29) is 33.6 Å². The second-order valence-electron chi connectivity index (χ2n) is 4.47. The topological polar surface area (TPSA) is 93.8 Å². The lowest BCUT2D eigenvalue weighted by atomic mass is 10.1. The van der Waals surface area contributed by atoms with Crippen LogP contribution in [-0.2, 0) is 7.59 Å². The number of carbonyl (C=O) groups is 1. The van der Waals surface area contributed by atoms with E-state index in [1.807, 2.05) is 5.43 Å². The fourth-order valence-electron chi connectivity index (χ4n) is 1.73. The zero-order chi connectivity index (χ0) is 19.0. The van der Waals surface area contributed by atoms with Crippen LogP contribution in [0.25, 0.3) is 11.4 Å². The minimum absolute atomic E-state index is 0.0984. The van der Waals surface area contributed by atoms with Gasteiger partial charge in [-0.3, -0.25) is 10.2 Å². The normalized spacial score (nSPS) is 12.2. The lowest BCUT2D eigenvalue weighted by Gasteiger charge is -2.16. The Bertz CT molecular complexity index is 786. The molecular formula is C12H6Cl7N5O. The Morgan fingerprint density at radius 1 is 0.960 bits per heavy atom. The van der Waals surface area contributed by atoms with Gasteiger partial charge in [0.05, 0.1) is 5.56 Å². The number of benzene rings is 1. The fourth-order valence-corrected chi connectivity index (χ4v) is 2.41. The van der Waals surface area contributed by atoms with Crippen molar-refractivity contribution in [2.45, 2.75) is 7.59 Å². The predicted octanol–water partition coefficient (Wildman–Crippen LogP) is 4.45. The highest BCUT2D eigenvalue weighted by molar-refractivity contribution is 6.67. The van der Waals surface area contributed by atoms with Gasteiger partial charge >= 0.3 is 0 Å². The van der Waals surface area contributed by atoms with Crippen LogP contribution in [0.15, 0.2) is 18.2 Å². The van der Waals surface area contributed by atoms with Gasteiger partial charge in [-0.25, -0.2) is 20.8 Å². The van der Waals surface area contributed by atoms with Crippen LogP contribution in [0.4, 0.5) is 0 Å². The number of carbonyl (C=O) groups excluding carboxylic acids is 1. The smallest absolute Gasteiger partial charge is 0.265 e. The second kappa shape index (κ2) is 7.74. The van der Waals surface area contributed by atoms with E-state index in [0.717, 1.165) is 0 Å². The van der Waals surface area contributed by atoms with Gasteiger partial charge in [0.1, 0.15) is 0 Å². The number of nitrogens with two attached hydrogens (primary N) is 1. The summed E-state index contributed by atoms with van der Waals surface area (Å²) in [5.41, 5.74) is 2.26. The van der Waals surface area contributed by atoms with Crippen molar-refractivity contribution in [3.8, 4) is 11.4 Å². The van der Waals surface area contributed by atoms with Crippen molar-refractivity contribution < 1.29 is 4.79 Å². The first-order valence-electron chi connectivity index (χ1n) is 6.15. The molecule has 0 radical (unpaired) electrons. The van der Waals surface area contributed by atoms with E-state index < -0.39 is 13.5 Å². The monoisotopic (exact) mass is 481 g/mol. The number of nitrogen functional groups attached to an aromatic ring is 1. The number of amides is 1. The molecule has 1 aromatic carbocycles. The number of hydrogen-bond acceptors (Lipinski definition) is 5. The standard InChI is InChI=1S/C12H6Cl7N5O/c13-4-1-2-5(8(25)24-20)6(3-4)7-21-9(11(14,15)16)23-10(22-7)12(17,18)19/h1-3H,20H2,(H,24,25). The summed E-state index contributed by atoms with van der Waals surface area (Å²) < 4.78 is -4.06. The fraction of sp³-hybridized carbons (Fsp3) is 0.167. The van der Waals surface area contributed by atoms with Gasteiger partial charge in [-0.05, 0) is 18.2 Å². The molecule has 0 saturated heterocycles. The maximum atomic E-state index is 12.0. The number of rotatable bonds is 2. The Hall–Kier alpha value is -0.310. The van der Waals surface area contributed by atoms with E-state index in [9.17, 15) is 4.79 Å². The molecule has 2 aromatic rings. The highest BCUT2D eigenvalue weighted by Gasteiger charge is 2.34. The van der Waals surface area contributed by atoms with E-state index in [4.69, 9.17) is 87.0 Å². The first kappa shape index (κ1) is 21.0. The van der Waals surface area contributed by atoms with Gasteiger partial charge in [0, 0.05) is 10.6 Å². The molecule has 0 aliphatic rings. The molecule has 25 heavy (non-hydrogen) atoms. The van der Waals surface area contributed by atoms with Gasteiger partial charge in [0.25, 0.3) is 5.91 Å². The van der Waals surface area contributed by atoms with Gasteiger partial charge in [0.2, 0.25) is 7.59 Å². The molecule has 0 atom stereocenters. The average Bonchev–Trinajstić information content (AvgIpc) is 2.52. The van der Waals surface area contributed by atoms with Crippen LogP contribution in [0, 0.1) is 0 Å². The second-order valence-corrected chi connectivity index (χ2v) is 9.46. The third kappa shape index (κ3) is 5.11. The first-order chi connectivity index (χ1) is 11.4. The van der Waals surface area contributed by atoms with Gasteiger partial charge in [-0.15, -0.1) is 0 Å². The van der Waals surface area contributed by atoms with Gasteiger partial charge in [-0.1, -0.05) is 81.2 Å². The molecule has 0 fully saturated rings. The molecule has 2 rings (SSSR count). The molecule has 0 aliphatic heterocycles. The van der Waals surface area contributed by atoms with Crippen molar-refractivity contribution in [1.82, 2.24) is 20.4 Å². The predicted molar refractivity (Wildman–Crippen MR) is 100 cm³/mol. The Labute approximate surface area is 176 Å². The van der Waals surface area contributed by atoms with Crippen molar-refractivity contribution in [1.29, 1.82) is 0 Å². The van der Waals surface area contributed by atoms with Crippen molar-refractivity contribution in [2.75, 3.05) is 0 Å². The van der Waals surface area contributed by atoms with Crippen LogP contribution in [0.1, 0.15) is 22.0 Å². The molecule has 0 spiro atoms. The molecule has 0 aliphatic carbocycles. The van der Waals surface area contributed by atoms with E-state index in [0.29, 0.717) is 0 Å². The van der Waals surface area contributed by atoms with E-state index in [1.54, 1.807) is 0 Å². The summed E-state index contributed by atoms with van der Waals surface area (Å²) in [4.78, 5) is 23.9. The number of nitrogens with zero attached hydrogens (tertiary/aromatic N) is 3. The Morgan fingerprint density at radius 3 is 1.92 bits per heavy atom. The van der Waals surface area contributed by atoms with Crippen LogP contribution >= 0.6 is 81.2 Å². The van der Waals surface area contributed by atoms with E-state index in [2.05, 4.69) is 15.0 Å². The third-order valence-electron chi connectivity index (χ3n) is 2.74. The summed E-state index contributed by atoms with van der Waals surface area (Å²) in [6.45, 7) is 0. The summed E-state index contributed by atoms with van der Waals surface area (Å²) >= 11 is 40.9. The first-order valence-corrected chi connectivity index (χ1v) is 8.79. The summed E-state index contributed by atoms with van der Waals surface area (Å²) in [5.74, 6) is 3.84. The zero-order valence-corrected chi connectivity index (χ0v) is 17.0. The molecule has 1 aromatic heterocycles. The molecule has 0 unspecified atom stereocenters. The van der Waals surface area contributed by atoms with Crippen molar-refractivity contribution in [2.24, 2.45) is 5.84 Å². The minimum Gasteiger partial charge on any atom is -0.290 e. The van der Waals surface area contributed by atoms with Crippen LogP contribution in [0.2, 0.25) is 5.02 Å². The summed E-state index contributed by atoms with van der Waals surface area (Å²) in [6.07, 6.45) is 0. The molecule has 0 saturated carbocycles. The molecule has 13 heteroatoms. The lowest BCUT2D eigenvalue weighted by Crippen LogP contribution is -2.30. The van der Waals surface area contributed by atoms with Gasteiger partial charge in [0.15, 0.2) is 17.5 Å². The highest BCUT2D eigenvalue weighted by Crippen LogP contribution is 2.41. The number of alkyl halides is 6. The quantitative estimate of drug-likeness (QED) is 0.284. The molecule has 134 valence electrons. The van der Waals surface area contributed by atoms with Crippen molar-refractivity contribution in [3.63, 3.8) is 0 Å². The maximum Gasteiger partial charge on any atom is 0.265 e. The van der Waals surface area contributed by atoms with Crippen LogP contribution < -0.4 is 11.3 Å². The molecule has 6 nitrogen and oxygen atoms in total. The van der Waals surface area contributed by atoms with Gasteiger partial charge < -0.3 is 0 Å². The number of halogens is 7. The molecule has 1 amide bonds. The Kier molecular flexibility index (Phi) is 6.50. The molecule has 3 N–H and O–H groups in total. The number of aromatic nitrogens is 3. The summed E-state index contributed by atoms with van der Waals surface area (Å²) in [5, 5.41) is 0.287. The van der Waals surface area contributed by atoms with E-state index >= 15 is 0 Å². The maximum absolute atomic E-state index is 12.0. The summed E-state index contributed by atoms with van der Waals surface area (Å²) in [7, 11) is 0. The Morgan fingerprint density at radius 2 is 1.48 bits per heavy atom. The molecule has 0 bridgehead atoms. The highest BCUT2D eigenvalue weighted by atomic mass is 35.6. The van der Waals surface area contributed by atoms with Crippen LogP contribution in [-0.4, -0.2) is 20.9 Å². The van der Waals surface area contributed by atoms with Gasteiger partial charge in [-0.2, -0.15) is 0 Å². The van der Waals surface area contributed by atoms with Crippen LogP contribution in [0.3, 0.4) is 0 Å². The average molecular weight is 484 g/mol. The third-order valence-corrected chi connectivity index (χ3v) is 3.99. The molecule has 1 heterocycles. The number of nitrogens with one attached hydrogen (secondary N) is 1. The molecular weight excluding hydrogens is 478 g/mol. The zero-order valence-electron chi connectivity index (χ0n) is 11.7. The SMILES string of the molecule is NNC(=O)c1ccc(Cl)cc1-c1nc(C(Cl)(Cl)Cl)nc(C(Cl)(Cl)Cl)n1. The summed E-state index contributed by atoms with van der Waals surface area (Å²) in [6, 6.07) is 4.29. The van der Waals surface area contributed by atoms with Crippen molar-refractivity contribution in [3.05, 3.63) is 40.4 Å². The van der Waals surface area contributed by atoms with Crippen LogP contribution in [0.5, 0.6) is 0 Å². The van der Waals surface area contributed by atoms with Crippen molar-refractivity contribution >= 4 is 87.1 Å². The number of hydrogen-bond donors (Lipinski definition) is 2. The Balaban J connectivity index is 2.79. The number of hydrazine groups is 1. The largest absolute Gasteiger partial charge is 0.290 e. The van der Waals surface area contributed by atoms with E-state index in [1.165, 1.54) is 18.2 Å². The minimum atomic E-state index is -2.03.